The van der Waals surface area contributed by atoms with Crippen LogP contribution in [0.1, 0.15) is 24.1 Å². The minimum atomic E-state index is -4.41. The van der Waals surface area contributed by atoms with Crippen molar-refractivity contribution in [1.29, 1.82) is 0 Å². The van der Waals surface area contributed by atoms with E-state index in [-0.39, 0.29) is 11.7 Å². The van der Waals surface area contributed by atoms with E-state index in [1.807, 2.05) is 12.1 Å². The van der Waals surface area contributed by atoms with Gasteiger partial charge in [-0.05, 0) is 36.8 Å². The predicted molar refractivity (Wildman–Crippen MR) is 92.7 cm³/mol. The zero-order chi connectivity index (χ0) is 18.7. The summed E-state index contributed by atoms with van der Waals surface area (Å²) in [6.45, 7) is 1.64. The van der Waals surface area contributed by atoms with Gasteiger partial charge in [0.2, 0.25) is 5.91 Å². The molecule has 1 heterocycles. The summed E-state index contributed by atoms with van der Waals surface area (Å²) in [7, 11) is 0. The normalized spacial score (nSPS) is 12.9. The summed E-state index contributed by atoms with van der Waals surface area (Å²) in [6, 6.07) is 11.6. The van der Waals surface area contributed by atoms with Gasteiger partial charge in [0.25, 0.3) is 5.22 Å². The molecule has 0 aliphatic rings. The molecule has 0 saturated carbocycles. The summed E-state index contributed by atoms with van der Waals surface area (Å²) >= 11 is 1.13. The number of thioether (sulfide) groups is 1. The van der Waals surface area contributed by atoms with E-state index in [9.17, 15) is 18.0 Å². The summed E-state index contributed by atoms with van der Waals surface area (Å²) in [4.78, 5) is 16.3. The van der Waals surface area contributed by atoms with Crippen LogP contribution in [0, 0.1) is 0 Å². The van der Waals surface area contributed by atoms with Crippen LogP contribution in [0.15, 0.2) is 58.2 Å². The third kappa shape index (κ3) is 4.37. The summed E-state index contributed by atoms with van der Waals surface area (Å²) in [6.07, 6.45) is -4.41. The molecule has 1 unspecified atom stereocenters. The van der Waals surface area contributed by atoms with Crippen LogP contribution in [0.2, 0.25) is 0 Å². The number of para-hydroxylation sites is 2. The number of hydrogen-bond acceptors (Lipinski definition) is 4. The smallest absolute Gasteiger partial charge is 0.416 e. The molecule has 1 N–H and O–H groups in total. The first-order valence-corrected chi connectivity index (χ1v) is 8.76. The lowest BCUT2D eigenvalue weighted by Gasteiger charge is -2.16. The molecule has 0 fully saturated rings. The average molecular weight is 380 g/mol. The van der Waals surface area contributed by atoms with Crippen LogP contribution in [-0.2, 0) is 11.0 Å². The molecule has 1 aromatic heterocycles. The van der Waals surface area contributed by atoms with Crippen molar-refractivity contribution in [3.8, 4) is 0 Å². The number of hydrogen-bond donors (Lipinski definition) is 1. The molecular weight excluding hydrogens is 365 g/mol. The minimum Gasteiger partial charge on any atom is -0.431 e. The topological polar surface area (TPSA) is 55.1 Å². The number of nitrogens with zero attached hydrogens (tertiary/aromatic N) is 1. The first-order valence-electron chi connectivity index (χ1n) is 7.78. The Morgan fingerprint density at radius 3 is 2.73 bits per heavy atom. The van der Waals surface area contributed by atoms with E-state index in [1.165, 1.54) is 6.07 Å². The van der Waals surface area contributed by atoms with E-state index in [0.717, 1.165) is 23.9 Å². The summed E-state index contributed by atoms with van der Waals surface area (Å²) in [5, 5.41) is 3.05. The number of rotatable bonds is 5. The lowest BCUT2D eigenvalue weighted by Crippen LogP contribution is -2.28. The maximum absolute atomic E-state index is 12.8. The molecule has 136 valence electrons. The maximum Gasteiger partial charge on any atom is 0.416 e. The molecule has 0 aliphatic heterocycles. The third-order valence-corrected chi connectivity index (χ3v) is 4.52. The van der Waals surface area contributed by atoms with Gasteiger partial charge in [0, 0.05) is 0 Å². The molecule has 0 aliphatic carbocycles. The number of carbonyl (C=O) groups is 1. The van der Waals surface area contributed by atoms with Gasteiger partial charge in [-0.2, -0.15) is 13.2 Å². The Morgan fingerprint density at radius 1 is 1.23 bits per heavy atom. The number of nitrogens with one attached hydrogen (secondary N) is 1. The Morgan fingerprint density at radius 2 is 2.00 bits per heavy atom. The minimum absolute atomic E-state index is 0.0517. The molecule has 3 aromatic rings. The van der Waals surface area contributed by atoms with Gasteiger partial charge in [0.15, 0.2) is 5.58 Å². The van der Waals surface area contributed by atoms with Crippen molar-refractivity contribution < 1.29 is 22.4 Å². The van der Waals surface area contributed by atoms with E-state index >= 15 is 0 Å². The van der Waals surface area contributed by atoms with Crippen molar-refractivity contribution in [2.24, 2.45) is 0 Å². The standard InChI is InChI=1S/C18H15F3N2O2S/c1-11(12-5-4-6-13(9-12)18(19,20)21)22-16(24)10-26-17-23-14-7-2-3-8-15(14)25-17/h2-9,11H,10H2,1H3,(H,22,24). The number of fused-ring (bicyclic) bond motifs is 1. The van der Waals surface area contributed by atoms with Crippen LogP contribution in [0.25, 0.3) is 11.1 Å². The van der Waals surface area contributed by atoms with E-state index < -0.39 is 17.8 Å². The van der Waals surface area contributed by atoms with Gasteiger partial charge in [0.05, 0.1) is 17.4 Å². The lowest BCUT2D eigenvalue weighted by molar-refractivity contribution is -0.137. The van der Waals surface area contributed by atoms with Crippen LogP contribution in [-0.4, -0.2) is 16.6 Å². The molecule has 0 radical (unpaired) electrons. The highest BCUT2D eigenvalue weighted by Crippen LogP contribution is 2.30. The zero-order valence-electron chi connectivity index (χ0n) is 13.7. The van der Waals surface area contributed by atoms with Crippen LogP contribution in [0.5, 0.6) is 0 Å². The second-order valence-corrected chi connectivity index (χ2v) is 6.58. The van der Waals surface area contributed by atoms with Gasteiger partial charge >= 0.3 is 6.18 Å². The first kappa shape index (κ1) is 18.3. The first-order chi connectivity index (χ1) is 12.3. The van der Waals surface area contributed by atoms with Gasteiger partial charge in [-0.1, -0.05) is 36.0 Å². The molecule has 1 amide bonds. The summed E-state index contributed by atoms with van der Waals surface area (Å²) in [5.74, 6) is -0.266. The number of oxazole rings is 1. The predicted octanol–water partition coefficient (Wildman–Crippen LogP) is 4.82. The largest absolute Gasteiger partial charge is 0.431 e. The van der Waals surface area contributed by atoms with Crippen molar-refractivity contribution in [2.75, 3.05) is 5.75 Å². The van der Waals surface area contributed by atoms with Crippen LogP contribution >= 0.6 is 11.8 Å². The van der Waals surface area contributed by atoms with Gasteiger partial charge in [-0.15, -0.1) is 0 Å². The molecule has 8 heteroatoms. The fourth-order valence-corrected chi connectivity index (χ4v) is 3.04. The fourth-order valence-electron chi connectivity index (χ4n) is 2.39. The highest BCUT2D eigenvalue weighted by molar-refractivity contribution is 7.99. The number of amides is 1. The van der Waals surface area contributed by atoms with E-state index in [0.29, 0.717) is 21.9 Å². The monoisotopic (exact) mass is 380 g/mol. The molecule has 0 bridgehead atoms. The third-order valence-electron chi connectivity index (χ3n) is 3.69. The van der Waals surface area contributed by atoms with Gasteiger partial charge in [0.1, 0.15) is 5.52 Å². The quantitative estimate of drug-likeness (QED) is 0.645. The van der Waals surface area contributed by atoms with Crippen molar-refractivity contribution in [1.82, 2.24) is 10.3 Å². The Bertz CT molecular complexity index is 891. The van der Waals surface area contributed by atoms with Crippen molar-refractivity contribution >= 4 is 28.8 Å². The van der Waals surface area contributed by atoms with Gasteiger partial charge < -0.3 is 9.73 Å². The van der Waals surface area contributed by atoms with E-state index in [2.05, 4.69) is 10.3 Å². The van der Waals surface area contributed by atoms with Gasteiger partial charge in [-0.3, -0.25) is 4.79 Å². The molecule has 3 rings (SSSR count). The number of benzene rings is 2. The second-order valence-electron chi connectivity index (χ2n) is 5.65. The van der Waals surface area contributed by atoms with Crippen LogP contribution in [0.4, 0.5) is 13.2 Å². The SMILES string of the molecule is CC(NC(=O)CSc1nc2ccccc2o1)c1cccc(C(F)(F)F)c1. The number of halogens is 3. The van der Waals surface area contributed by atoms with Crippen LogP contribution < -0.4 is 5.32 Å². The lowest BCUT2D eigenvalue weighted by atomic mass is 10.0. The highest BCUT2D eigenvalue weighted by Gasteiger charge is 2.30. The fraction of sp³-hybridized carbons (Fsp3) is 0.222. The number of aromatic nitrogens is 1. The molecule has 0 spiro atoms. The van der Waals surface area contributed by atoms with Crippen molar-refractivity contribution in [3.63, 3.8) is 0 Å². The zero-order valence-corrected chi connectivity index (χ0v) is 14.5. The second kappa shape index (κ2) is 7.41. The number of carbonyl (C=O) groups excluding carboxylic acids is 1. The highest BCUT2D eigenvalue weighted by atomic mass is 32.2. The molecular formula is C18H15F3N2O2S. The van der Waals surface area contributed by atoms with Crippen molar-refractivity contribution in [3.05, 3.63) is 59.7 Å². The molecule has 4 nitrogen and oxygen atoms in total. The average Bonchev–Trinajstić information content (AvgIpc) is 3.02. The van der Waals surface area contributed by atoms with E-state index in [4.69, 9.17) is 4.42 Å². The van der Waals surface area contributed by atoms with Crippen molar-refractivity contribution in [2.45, 2.75) is 24.4 Å². The molecule has 1 atom stereocenters. The van der Waals surface area contributed by atoms with E-state index in [1.54, 1.807) is 25.1 Å². The summed E-state index contributed by atoms with van der Waals surface area (Å²) < 4.78 is 43.9. The Balaban J connectivity index is 1.59. The summed E-state index contributed by atoms with van der Waals surface area (Å²) in [5.41, 5.74) is 0.984. The molecule has 26 heavy (non-hydrogen) atoms. The maximum atomic E-state index is 12.8. The Hall–Kier alpha value is -2.48. The number of alkyl halides is 3. The Labute approximate surface area is 151 Å². The Kier molecular flexibility index (Phi) is 5.22. The molecule has 0 saturated heterocycles. The molecule has 2 aromatic carbocycles. The van der Waals surface area contributed by atoms with Crippen LogP contribution in [0.3, 0.4) is 0 Å². The van der Waals surface area contributed by atoms with Gasteiger partial charge in [-0.25, -0.2) is 4.98 Å².